The van der Waals surface area contributed by atoms with Crippen molar-refractivity contribution in [3.63, 3.8) is 0 Å². The summed E-state index contributed by atoms with van der Waals surface area (Å²) in [7, 11) is 2.94. The number of rotatable bonds is 8. The minimum atomic E-state index is -2.52. The Kier molecular flexibility index (Phi) is 28.8. The molecule has 454 valence electrons. The van der Waals surface area contributed by atoms with Crippen molar-refractivity contribution in [1.82, 2.24) is 4.90 Å². The van der Waals surface area contributed by atoms with Gasteiger partial charge >= 0.3 is 5.97 Å². The Morgan fingerprint density at radius 1 is 0.775 bits per heavy atom. The quantitative estimate of drug-likeness (QED) is 0.143. The van der Waals surface area contributed by atoms with Crippen LogP contribution in [-0.2, 0) is 71.3 Å². The molecule has 2 bridgehead atoms. The van der Waals surface area contributed by atoms with Crippen LogP contribution in [0.5, 0.6) is 0 Å². The Morgan fingerprint density at radius 3 is 2.15 bits per heavy atom. The number of hydrogen-bond acceptors (Lipinski definition) is 18. The minimum Gasteiger partial charge on any atom is -0.460 e. The smallest absolute Gasteiger partial charge is 0.329 e. The third kappa shape index (κ3) is 20.4. The Morgan fingerprint density at radius 2 is 1.46 bits per heavy atom. The first-order chi connectivity index (χ1) is 38.3. The highest BCUT2D eigenvalue weighted by atomic mass is 16.6. The number of fused-ring (bicyclic) bond motifs is 3. The van der Waals surface area contributed by atoms with Crippen molar-refractivity contribution in [2.45, 2.75) is 186 Å². The topological polar surface area (TPSA) is 242 Å². The Hall–Kier alpha value is -3.57. The van der Waals surface area contributed by atoms with Gasteiger partial charge in [0.2, 0.25) is 5.79 Å². The molecule has 1 aliphatic carbocycles. The monoisotopic (exact) mass is 1130 g/mol. The second-order valence-corrected chi connectivity index (χ2v) is 23.1. The van der Waals surface area contributed by atoms with Crippen LogP contribution in [0.15, 0.2) is 47.6 Å². The minimum absolute atomic E-state index is 0.0352. The summed E-state index contributed by atoms with van der Waals surface area (Å²) in [4.78, 5) is 73.2. The van der Waals surface area contributed by atoms with Crippen molar-refractivity contribution in [2.24, 2.45) is 35.5 Å². The van der Waals surface area contributed by atoms with Crippen LogP contribution in [0.4, 0.5) is 0 Å². The van der Waals surface area contributed by atoms with Gasteiger partial charge in [-0.05, 0) is 107 Å². The van der Waals surface area contributed by atoms with Crippen molar-refractivity contribution >= 4 is 29.2 Å². The molecule has 4 heterocycles. The van der Waals surface area contributed by atoms with Gasteiger partial charge in [0.15, 0.2) is 5.78 Å². The van der Waals surface area contributed by atoms with E-state index in [1.165, 1.54) is 12.0 Å². The number of piperidine rings is 1. The second-order valence-electron chi connectivity index (χ2n) is 23.1. The van der Waals surface area contributed by atoms with Gasteiger partial charge in [0.1, 0.15) is 36.2 Å². The summed E-state index contributed by atoms with van der Waals surface area (Å²) in [5, 5.41) is 34.5. The van der Waals surface area contributed by atoms with E-state index >= 15 is 0 Å². The molecule has 0 radical (unpaired) electrons. The number of carbonyl (C=O) groups is 5. The molecule has 0 spiro atoms. The third-order valence-corrected chi connectivity index (χ3v) is 16.7. The molecule has 1 amide bonds. The van der Waals surface area contributed by atoms with E-state index < -0.39 is 90.0 Å². The molecule has 0 aromatic rings. The molecule has 4 aliphatic heterocycles. The van der Waals surface area contributed by atoms with E-state index in [2.05, 4.69) is 0 Å². The van der Waals surface area contributed by atoms with Crippen LogP contribution in [0.25, 0.3) is 0 Å². The molecule has 5 rings (SSSR count). The highest BCUT2D eigenvalue weighted by Crippen LogP contribution is 2.38. The van der Waals surface area contributed by atoms with Gasteiger partial charge in [-0.1, -0.05) is 71.1 Å². The van der Waals surface area contributed by atoms with Crippen molar-refractivity contribution < 1.29 is 86.7 Å². The number of esters is 1. The normalized spacial score (nSPS) is 38.5. The number of hydrogen-bond donors (Lipinski definition) is 3. The van der Waals surface area contributed by atoms with Gasteiger partial charge in [-0.2, -0.15) is 0 Å². The number of carbonyl (C=O) groups excluding carboxylic acids is 5. The second kappa shape index (κ2) is 34.3. The lowest BCUT2D eigenvalue weighted by molar-refractivity contribution is -0.266. The summed E-state index contributed by atoms with van der Waals surface area (Å²) in [6, 6.07) is -1.19. The van der Waals surface area contributed by atoms with Crippen LogP contribution >= 0.6 is 0 Å². The van der Waals surface area contributed by atoms with Gasteiger partial charge in [-0.25, -0.2) is 4.79 Å². The van der Waals surface area contributed by atoms with Crippen LogP contribution in [0, 0.1) is 35.5 Å². The zero-order chi connectivity index (χ0) is 58.4. The molecule has 0 aromatic carbocycles. The standard InChI is InChI=1S/C61H97NO18/c1-39-15-11-10-12-16-40(2)52(78-38-48-37-76-28-27-74-24-23-73-25-26-75-29-30-77-48)35-47-20-18-45(7)61(70,80-47)58(67)59(68)62-22-14-13-17-49(62)60(69)79-53(42(4)33-46-19-21-50(63)54(34-46)71-8)36-51(64)41(3)32-44(6)56(66)57(72-9)55(65)43(5)31-39/h10-12,15-16,32,39,41-43,45-50,52-54,56-57,63,66,70H,13-14,17-31,33-38H2,1-9H3/b12-10+,15-11+,40-16+,44-32+/t39-,41-,42-,43-,45-,46+,47+,48?,49?,50-,52-,53+,54-,56-,57+,61-/m1/s1. The Labute approximate surface area is 475 Å². The van der Waals surface area contributed by atoms with E-state index in [1.54, 1.807) is 34.0 Å². The maximum absolute atomic E-state index is 14.6. The maximum Gasteiger partial charge on any atom is 0.329 e. The lowest BCUT2D eigenvalue weighted by Crippen LogP contribution is -2.61. The first-order valence-electron chi connectivity index (χ1n) is 29.5. The zero-order valence-corrected chi connectivity index (χ0v) is 49.3. The molecule has 5 aliphatic rings. The molecule has 4 fully saturated rings. The number of allylic oxidation sites excluding steroid dienone is 6. The Balaban J connectivity index is 1.47. The third-order valence-electron chi connectivity index (χ3n) is 16.7. The summed E-state index contributed by atoms with van der Waals surface area (Å²) in [6.07, 6.45) is 9.71. The summed E-state index contributed by atoms with van der Waals surface area (Å²) in [5.41, 5.74) is 1.17. The van der Waals surface area contributed by atoms with Crippen molar-refractivity contribution in [1.29, 1.82) is 0 Å². The number of Topliss-reactive ketones (excluding diaryl/α,β-unsaturated/α-hetero) is 3. The predicted molar refractivity (Wildman–Crippen MR) is 297 cm³/mol. The van der Waals surface area contributed by atoms with Crippen molar-refractivity contribution in [3.8, 4) is 0 Å². The fraction of sp³-hybridized carbons (Fsp3) is 0.787. The summed E-state index contributed by atoms with van der Waals surface area (Å²) < 4.78 is 59.5. The number of ketones is 3. The summed E-state index contributed by atoms with van der Waals surface area (Å²) in [6.45, 7) is 16.0. The van der Waals surface area contributed by atoms with Crippen molar-refractivity contribution in [3.05, 3.63) is 47.6 Å². The van der Waals surface area contributed by atoms with Crippen LogP contribution < -0.4 is 0 Å². The molecular weight excluding hydrogens is 1030 g/mol. The number of nitrogens with zero attached hydrogens (tertiary/aromatic N) is 1. The summed E-state index contributed by atoms with van der Waals surface area (Å²) >= 11 is 0. The lowest BCUT2D eigenvalue weighted by Gasteiger charge is -2.43. The SMILES string of the molecule is CO[C@@H]1C[C@H](C[C@@H](C)[C@@H]2CC(=O)[C@H](C)/C=C(\C)[C@@H](O)[C@@H](OC)C(=O)[C@H](C)C[C@H](C)/C=C/C=C/C=C(\C)[C@H](OCC3COCCOCCOCCOCCO3)C[C@@H]3CC[C@@H](C)[C@@](O)(O3)C(=O)C(=O)N3CCCCC3C(=O)O2)CC[C@H]1O. The summed E-state index contributed by atoms with van der Waals surface area (Å²) in [5.74, 6) is -8.44. The average molecular weight is 1130 g/mol. The van der Waals surface area contributed by atoms with E-state index in [0.717, 1.165) is 5.57 Å². The lowest BCUT2D eigenvalue weighted by atomic mass is 9.78. The number of methoxy groups -OCH3 is 2. The number of cyclic esters (lactones) is 1. The highest BCUT2D eigenvalue weighted by molar-refractivity contribution is 6.39. The molecule has 16 atom stereocenters. The molecule has 19 heteroatoms. The van der Waals surface area contributed by atoms with Crippen LogP contribution in [0.3, 0.4) is 0 Å². The molecule has 3 saturated heterocycles. The molecule has 19 nitrogen and oxygen atoms in total. The number of ether oxygens (including phenoxy) is 10. The zero-order valence-electron chi connectivity index (χ0n) is 49.3. The largest absolute Gasteiger partial charge is 0.460 e. The van der Waals surface area contributed by atoms with E-state index in [9.17, 15) is 39.3 Å². The highest BCUT2D eigenvalue weighted by Gasteiger charge is 2.53. The van der Waals surface area contributed by atoms with Gasteiger partial charge in [0.05, 0.1) is 90.5 Å². The molecule has 1 saturated carbocycles. The first-order valence-corrected chi connectivity index (χ1v) is 29.5. The van der Waals surface area contributed by atoms with Gasteiger partial charge in [0, 0.05) is 51.4 Å². The van der Waals surface area contributed by atoms with Crippen LogP contribution in [-0.4, -0.2) is 197 Å². The predicted octanol–water partition coefficient (Wildman–Crippen LogP) is 6.02. The van der Waals surface area contributed by atoms with Crippen LogP contribution in [0.1, 0.15) is 126 Å². The van der Waals surface area contributed by atoms with E-state index in [1.807, 2.05) is 58.1 Å². The maximum atomic E-state index is 14.6. The average Bonchev–Trinajstić information content (AvgIpc) is 3.55. The molecule has 3 N–H and O–H groups in total. The Bertz CT molecular complexity index is 2060. The van der Waals surface area contributed by atoms with E-state index in [0.29, 0.717) is 110 Å². The molecule has 0 aromatic heterocycles. The van der Waals surface area contributed by atoms with Gasteiger partial charge in [0.25, 0.3) is 11.7 Å². The van der Waals surface area contributed by atoms with Gasteiger partial charge in [-0.15, -0.1) is 0 Å². The fourth-order valence-electron chi connectivity index (χ4n) is 11.5. The molecule has 2 unspecified atom stereocenters. The number of aliphatic hydroxyl groups excluding tert-OH is 2. The van der Waals surface area contributed by atoms with Crippen molar-refractivity contribution in [2.75, 3.05) is 86.8 Å². The van der Waals surface area contributed by atoms with E-state index in [-0.39, 0.29) is 81.1 Å². The van der Waals surface area contributed by atoms with E-state index in [4.69, 9.17) is 47.4 Å². The van der Waals surface area contributed by atoms with Gasteiger partial charge < -0.3 is 67.6 Å². The number of aliphatic hydroxyl groups is 3. The molecule has 80 heavy (non-hydrogen) atoms. The fourth-order valence-corrected chi connectivity index (χ4v) is 11.5. The van der Waals surface area contributed by atoms with Crippen LogP contribution in [0.2, 0.25) is 0 Å². The van der Waals surface area contributed by atoms with Gasteiger partial charge in [-0.3, -0.25) is 19.2 Å². The molecular formula is C61H97NO18. The number of amides is 1. The first kappa shape index (κ1) is 67.2.